The highest BCUT2D eigenvalue weighted by atomic mass is 79.9. The van der Waals surface area contributed by atoms with E-state index in [2.05, 4.69) is 20.9 Å². The van der Waals surface area contributed by atoms with Crippen LogP contribution >= 0.6 is 15.9 Å². The number of rotatable bonds is 3. The molecule has 1 amide bonds. The average Bonchev–Trinajstić information content (AvgIpc) is 2.88. The van der Waals surface area contributed by atoms with E-state index in [1.54, 1.807) is 11.9 Å². The highest BCUT2D eigenvalue weighted by molar-refractivity contribution is 9.10. The number of carbonyl (C=O) groups is 1. The molecule has 104 valence electrons. The van der Waals surface area contributed by atoms with E-state index < -0.39 is 11.2 Å². The Kier molecular flexibility index (Phi) is 4.24. The number of hydrogen-bond donors (Lipinski definition) is 1. The van der Waals surface area contributed by atoms with Crippen molar-refractivity contribution in [2.24, 2.45) is 0 Å². The summed E-state index contributed by atoms with van der Waals surface area (Å²) in [6.45, 7) is -0.0544. The summed E-state index contributed by atoms with van der Waals surface area (Å²) in [6, 6.07) is 0.273. The summed E-state index contributed by atoms with van der Waals surface area (Å²) in [5.41, 5.74) is -1.06. The molecule has 1 aliphatic carbocycles. The van der Waals surface area contributed by atoms with E-state index in [9.17, 15) is 14.4 Å². The Labute approximate surface area is 118 Å². The third-order valence-corrected chi connectivity index (χ3v) is 4.10. The Morgan fingerprint density at radius 3 is 2.74 bits per heavy atom. The number of hydrogen-bond acceptors (Lipinski definition) is 3. The van der Waals surface area contributed by atoms with Gasteiger partial charge in [0.15, 0.2) is 0 Å². The van der Waals surface area contributed by atoms with E-state index in [4.69, 9.17) is 0 Å². The molecule has 0 aliphatic heterocycles. The van der Waals surface area contributed by atoms with Gasteiger partial charge >= 0.3 is 5.69 Å². The number of halogens is 1. The molecular weight excluding hydrogens is 314 g/mol. The summed E-state index contributed by atoms with van der Waals surface area (Å²) < 4.78 is 1.45. The molecule has 1 saturated carbocycles. The molecule has 0 atom stereocenters. The van der Waals surface area contributed by atoms with Gasteiger partial charge in [-0.2, -0.15) is 0 Å². The maximum atomic E-state index is 12.1. The summed E-state index contributed by atoms with van der Waals surface area (Å²) >= 11 is 3.05. The molecule has 1 aromatic rings. The number of nitrogens with one attached hydrogen (secondary N) is 1. The second-order valence-electron chi connectivity index (χ2n) is 4.81. The first-order valence-corrected chi connectivity index (χ1v) is 7.03. The maximum Gasteiger partial charge on any atom is 0.328 e. The van der Waals surface area contributed by atoms with Crippen LogP contribution in [0.2, 0.25) is 0 Å². The van der Waals surface area contributed by atoms with Gasteiger partial charge in [-0.1, -0.05) is 12.8 Å². The van der Waals surface area contributed by atoms with Crippen molar-refractivity contribution < 1.29 is 4.79 Å². The normalized spacial score (nSPS) is 15.7. The summed E-state index contributed by atoms with van der Waals surface area (Å²) in [7, 11) is 1.77. The first-order valence-electron chi connectivity index (χ1n) is 6.24. The zero-order valence-corrected chi connectivity index (χ0v) is 12.3. The van der Waals surface area contributed by atoms with Gasteiger partial charge in [0.05, 0.1) is 4.47 Å². The van der Waals surface area contributed by atoms with Crippen LogP contribution in [0.1, 0.15) is 25.7 Å². The molecule has 0 aromatic carbocycles. The molecule has 19 heavy (non-hydrogen) atoms. The number of amides is 1. The van der Waals surface area contributed by atoms with Gasteiger partial charge in [-0.05, 0) is 28.8 Å². The lowest BCUT2D eigenvalue weighted by Gasteiger charge is -2.24. The van der Waals surface area contributed by atoms with Crippen molar-refractivity contribution in [3.8, 4) is 0 Å². The van der Waals surface area contributed by atoms with Crippen molar-refractivity contribution in [2.45, 2.75) is 38.3 Å². The van der Waals surface area contributed by atoms with E-state index in [1.165, 1.54) is 10.8 Å². The van der Waals surface area contributed by atoms with Crippen LogP contribution in [-0.4, -0.2) is 33.4 Å². The molecule has 0 radical (unpaired) electrons. The van der Waals surface area contributed by atoms with Crippen LogP contribution in [0.15, 0.2) is 20.3 Å². The molecule has 0 bridgehead atoms. The number of H-pyrrole nitrogens is 1. The molecule has 7 heteroatoms. The number of carbonyl (C=O) groups excluding carboxylic acids is 1. The molecule has 1 N–H and O–H groups in total. The van der Waals surface area contributed by atoms with Crippen molar-refractivity contribution >= 4 is 21.8 Å². The Bertz CT molecular complexity index is 587. The molecule has 2 rings (SSSR count). The fourth-order valence-electron chi connectivity index (χ4n) is 2.35. The van der Waals surface area contributed by atoms with Crippen LogP contribution in [0.3, 0.4) is 0 Å². The lowest BCUT2D eigenvalue weighted by atomic mass is 10.2. The van der Waals surface area contributed by atoms with Gasteiger partial charge in [-0.15, -0.1) is 0 Å². The summed E-state index contributed by atoms with van der Waals surface area (Å²) in [4.78, 5) is 38.8. The molecule has 6 nitrogen and oxygen atoms in total. The smallest absolute Gasteiger partial charge is 0.328 e. The predicted molar refractivity (Wildman–Crippen MR) is 74.0 cm³/mol. The first kappa shape index (κ1) is 14.0. The molecule has 1 heterocycles. The van der Waals surface area contributed by atoms with E-state index in [0.717, 1.165) is 25.7 Å². The molecule has 0 unspecified atom stereocenters. The Morgan fingerprint density at radius 2 is 2.11 bits per heavy atom. The third kappa shape index (κ3) is 3.15. The second-order valence-corrected chi connectivity index (χ2v) is 5.66. The van der Waals surface area contributed by atoms with Crippen LogP contribution in [0.25, 0.3) is 0 Å². The topological polar surface area (TPSA) is 75.2 Å². The lowest BCUT2D eigenvalue weighted by Crippen LogP contribution is -2.40. The Morgan fingerprint density at radius 1 is 1.47 bits per heavy atom. The Hall–Kier alpha value is -1.37. The maximum absolute atomic E-state index is 12.1. The minimum absolute atomic E-state index is 0.0544. The van der Waals surface area contributed by atoms with Crippen molar-refractivity contribution in [1.29, 1.82) is 0 Å². The molecule has 1 aromatic heterocycles. The van der Waals surface area contributed by atoms with Crippen molar-refractivity contribution in [2.75, 3.05) is 7.05 Å². The van der Waals surface area contributed by atoms with Gasteiger partial charge in [0.25, 0.3) is 5.56 Å². The van der Waals surface area contributed by atoms with Crippen LogP contribution in [0.5, 0.6) is 0 Å². The second kappa shape index (κ2) is 5.73. The van der Waals surface area contributed by atoms with Gasteiger partial charge in [0.1, 0.15) is 6.54 Å². The SMILES string of the molecule is CN(C(=O)Cn1cc(Br)c(=O)[nH]c1=O)C1CCCC1. The predicted octanol–water partition coefficient (Wildman–Crippen LogP) is 0.700. The average molecular weight is 330 g/mol. The fourth-order valence-corrected chi connectivity index (χ4v) is 2.70. The van der Waals surface area contributed by atoms with Crippen LogP contribution in [0.4, 0.5) is 0 Å². The van der Waals surface area contributed by atoms with Gasteiger partial charge in [-0.25, -0.2) is 4.79 Å². The monoisotopic (exact) mass is 329 g/mol. The number of likely N-dealkylation sites (N-methyl/N-ethyl adjacent to an activating group) is 1. The van der Waals surface area contributed by atoms with E-state index in [0.29, 0.717) is 0 Å². The van der Waals surface area contributed by atoms with Crippen molar-refractivity contribution in [3.63, 3.8) is 0 Å². The molecular formula is C12H16BrN3O3. The summed E-state index contributed by atoms with van der Waals surface area (Å²) in [6.07, 6.45) is 5.68. The first-order chi connectivity index (χ1) is 8.99. The molecule has 0 saturated heterocycles. The zero-order valence-electron chi connectivity index (χ0n) is 10.7. The Balaban J connectivity index is 2.12. The van der Waals surface area contributed by atoms with E-state index in [1.807, 2.05) is 0 Å². The van der Waals surface area contributed by atoms with E-state index in [-0.39, 0.29) is 23.0 Å². The molecule has 1 fully saturated rings. The van der Waals surface area contributed by atoms with E-state index >= 15 is 0 Å². The summed E-state index contributed by atoms with van der Waals surface area (Å²) in [5, 5.41) is 0. The lowest BCUT2D eigenvalue weighted by molar-refractivity contribution is -0.132. The highest BCUT2D eigenvalue weighted by Crippen LogP contribution is 2.22. The number of aromatic amines is 1. The quantitative estimate of drug-likeness (QED) is 0.886. The van der Waals surface area contributed by atoms with Crippen LogP contribution in [-0.2, 0) is 11.3 Å². The fraction of sp³-hybridized carbons (Fsp3) is 0.583. The highest BCUT2D eigenvalue weighted by Gasteiger charge is 2.23. The molecule has 0 spiro atoms. The zero-order chi connectivity index (χ0) is 14.0. The number of aromatic nitrogens is 2. The minimum atomic E-state index is -0.568. The van der Waals surface area contributed by atoms with Gasteiger partial charge < -0.3 is 4.90 Å². The van der Waals surface area contributed by atoms with Gasteiger partial charge in [-0.3, -0.25) is 19.1 Å². The van der Waals surface area contributed by atoms with Crippen molar-refractivity contribution in [3.05, 3.63) is 31.5 Å². The third-order valence-electron chi connectivity index (χ3n) is 3.54. The largest absolute Gasteiger partial charge is 0.341 e. The van der Waals surface area contributed by atoms with Gasteiger partial charge in [0.2, 0.25) is 5.91 Å². The minimum Gasteiger partial charge on any atom is -0.341 e. The molecule has 1 aliphatic rings. The van der Waals surface area contributed by atoms with Crippen LogP contribution < -0.4 is 11.2 Å². The standard InChI is InChI=1S/C12H16BrN3O3/c1-15(8-4-2-3-5-8)10(17)7-16-6-9(13)11(18)14-12(16)19/h6,8H,2-5,7H2,1H3,(H,14,18,19). The number of nitrogens with zero attached hydrogens (tertiary/aromatic N) is 2. The van der Waals surface area contributed by atoms with Crippen molar-refractivity contribution in [1.82, 2.24) is 14.5 Å². The van der Waals surface area contributed by atoms with Crippen LogP contribution in [0, 0.1) is 0 Å². The van der Waals surface area contributed by atoms with Gasteiger partial charge in [0, 0.05) is 19.3 Å². The summed E-state index contributed by atoms with van der Waals surface area (Å²) in [5.74, 6) is -0.118.